The third kappa shape index (κ3) is 4.98. The van der Waals surface area contributed by atoms with Crippen LogP contribution in [0.15, 0.2) is 76.7 Å². The van der Waals surface area contributed by atoms with Gasteiger partial charge in [-0.15, -0.1) is 0 Å². The lowest BCUT2D eigenvalue weighted by Gasteiger charge is -2.13. The number of hydrogen-bond donors (Lipinski definition) is 1. The van der Waals surface area contributed by atoms with Crippen LogP contribution < -0.4 is 10.9 Å². The van der Waals surface area contributed by atoms with Gasteiger partial charge in [-0.2, -0.15) is 0 Å². The third-order valence-electron chi connectivity index (χ3n) is 4.62. The molecule has 1 N–H and O–H groups in total. The Hall–Kier alpha value is -3.23. The fraction of sp³-hybridized carbons (Fsp3) is 0.0870. The van der Waals surface area contributed by atoms with Crippen LogP contribution in [-0.4, -0.2) is 21.2 Å². The predicted octanol–water partition coefficient (Wildman–Crippen LogP) is 5.11. The molecule has 1 aromatic heterocycles. The van der Waals surface area contributed by atoms with E-state index in [0.717, 1.165) is 29.5 Å². The molecule has 1 heterocycles. The highest BCUT2D eigenvalue weighted by Crippen LogP contribution is 2.21. The van der Waals surface area contributed by atoms with Crippen molar-refractivity contribution in [3.63, 3.8) is 0 Å². The second kappa shape index (κ2) is 9.50. The van der Waals surface area contributed by atoms with E-state index in [1.165, 1.54) is 10.6 Å². The average molecular weight is 472 g/mol. The number of para-hydroxylation sites is 1. The number of halogens is 3. The smallest absolute Gasteiger partial charge is 0.262 e. The SMILES string of the molecule is O=C(CSc1nc2ccccc2c(=O)n1Cc1ccc(Cl)cc1)Nc1ccc(F)c(F)c1. The monoisotopic (exact) mass is 471 g/mol. The third-order valence-corrected chi connectivity index (χ3v) is 5.84. The number of thioether (sulfide) groups is 1. The summed E-state index contributed by atoms with van der Waals surface area (Å²) in [6.07, 6.45) is 0. The van der Waals surface area contributed by atoms with Crippen molar-refractivity contribution in [3.05, 3.63) is 99.3 Å². The number of carbonyl (C=O) groups is 1. The number of nitrogens with one attached hydrogen (secondary N) is 1. The summed E-state index contributed by atoms with van der Waals surface area (Å²) in [5, 5.41) is 3.93. The van der Waals surface area contributed by atoms with E-state index in [2.05, 4.69) is 10.3 Å². The molecule has 4 rings (SSSR count). The van der Waals surface area contributed by atoms with Gasteiger partial charge >= 0.3 is 0 Å². The summed E-state index contributed by atoms with van der Waals surface area (Å²) in [6, 6.07) is 17.2. The number of anilines is 1. The minimum atomic E-state index is -1.05. The van der Waals surface area contributed by atoms with E-state index < -0.39 is 17.5 Å². The summed E-state index contributed by atoms with van der Waals surface area (Å²) in [5.74, 6) is -2.57. The number of fused-ring (bicyclic) bond motifs is 1. The van der Waals surface area contributed by atoms with E-state index >= 15 is 0 Å². The van der Waals surface area contributed by atoms with Crippen LogP contribution in [0.2, 0.25) is 5.02 Å². The first-order chi connectivity index (χ1) is 15.4. The largest absolute Gasteiger partial charge is 0.325 e. The van der Waals surface area contributed by atoms with Crippen LogP contribution in [-0.2, 0) is 11.3 Å². The summed E-state index contributed by atoms with van der Waals surface area (Å²) in [4.78, 5) is 30.1. The molecule has 0 unspecified atom stereocenters. The predicted molar refractivity (Wildman–Crippen MR) is 122 cm³/mol. The second-order valence-electron chi connectivity index (χ2n) is 6.90. The number of nitrogens with zero attached hydrogens (tertiary/aromatic N) is 2. The molecular formula is C23H16ClF2N3O2S. The zero-order valence-corrected chi connectivity index (χ0v) is 18.1. The number of rotatable bonds is 6. The molecule has 3 aromatic carbocycles. The summed E-state index contributed by atoms with van der Waals surface area (Å²) in [7, 11) is 0. The van der Waals surface area contributed by atoms with Crippen LogP contribution in [0.5, 0.6) is 0 Å². The highest BCUT2D eigenvalue weighted by molar-refractivity contribution is 7.99. The van der Waals surface area contributed by atoms with Gasteiger partial charge in [0.2, 0.25) is 5.91 Å². The van der Waals surface area contributed by atoms with Crippen LogP contribution in [0.25, 0.3) is 10.9 Å². The van der Waals surface area contributed by atoms with Crippen LogP contribution in [0, 0.1) is 11.6 Å². The van der Waals surface area contributed by atoms with E-state index in [9.17, 15) is 18.4 Å². The number of carbonyl (C=O) groups excluding carboxylic acids is 1. The fourth-order valence-electron chi connectivity index (χ4n) is 3.07. The van der Waals surface area contributed by atoms with Gasteiger partial charge in [0.1, 0.15) is 0 Å². The van der Waals surface area contributed by atoms with Gasteiger partial charge < -0.3 is 5.32 Å². The number of hydrogen-bond acceptors (Lipinski definition) is 4. The molecule has 0 aliphatic carbocycles. The standard InChI is InChI=1S/C23H16ClF2N3O2S/c24-15-7-5-14(6-8-15)12-29-22(31)17-3-1-2-4-20(17)28-23(29)32-13-21(30)27-16-9-10-18(25)19(26)11-16/h1-11H,12-13H2,(H,27,30). The lowest BCUT2D eigenvalue weighted by molar-refractivity contribution is -0.113. The maximum absolute atomic E-state index is 13.4. The molecule has 5 nitrogen and oxygen atoms in total. The normalized spacial score (nSPS) is 11.0. The van der Waals surface area contributed by atoms with Crippen molar-refractivity contribution in [2.24, 2.45) is 0 Å². The molecular weight excluding hydrogens is 456 g/mol. The molecule has 32 heavy (non-hydrogen) atoms. The molecule has 9 heteroatoms. The lowest BCUT2D eigenvalue weighted by Crippen LogP contribution is -2.25. The topological polar surface area (TPSA) is 64.0 Å². The van der Waals surface area contributed by atoms with Crippen LogP contribution >= 0.6 is 23.4 Å². The maximum atomic E-state index is 13.4. The molecule has 0 aliphatic heterocycles. The van der Waals surface area contributed by atoms with E-state index in [4.69, 9.17) is 11.6 Å². The van der Waals surface area contributed by atoms with Crippen molar-refractivity contribution in [2.75, 3.05) is 11.1 Å². The summed E-state index contributed by atoms with van der Waals surface area (Å²) < 4.78 is 27.9. The molecule has 0 radical (unpaired) electrons. The van der Waals surface area contributed by atoms with Crippen LogP contribution in [0.4, 0.5) is 14.5 Å². The number of benzene rings is 3. The molecule has 162 valence electrons. The molecule has 1 amide bonds. The Bertz CT molecular complexity index is 1360. The van der Waals surface area contributed by atoms with E-state index in [-0.39, 0.29) is 23.5 Å². The minimum Gasteiger partial charge on any atom is -0.325 e. The first kappa shape index (κ1) is 22.0. The molecule has 0 aliphatic rings. The summed E-state index contributed by atoms with van der Waals surface area (Å²) in [5.41, 5.74) is 1.28. The highest BCUT2D eigenvalue weighted by atomic mass is 35.5. The highest BCUT2D eigenvalue weighted by Gasteiger charge is 2.14. The second-order valence-corrected chi connectivity index (χ2v) is 8.27. The Balaban J connectivity index is 1.60. The first-order valence-electron chi connectivity index (χ1n) is 9.52. The minimum absolute atomic E-state index is 0.0790. The molecule has 0 spiro atoms. The Labute approximate surface area is 191 Å². The molecule has 0 fully saturated rings. The van der Waals surface area contributed by atoms with E-state index in [0.29, 0.717) is 21.1 Å². The van der Waals surface area contributed by atoms with Gasteiger partial charge in [-0.3, -0.25) is 14.2 Å². The summed E-state index contributed by atoms with van der Waals surface area (Å²) in [6.45, 7) is 0.251. The van der Waals surface area contributed by atoms with E-state index in [1.54, 1.807) is 36.4 Å². The van der Waals surface area contributed by atoms with Crippen LogP contribution in [0.3, 0.4) is 0 Å². The van der Waals surface area contributed by atoms with Gasteiger partial charge in [-0.05, 0) is 42.0 Å². The van der Waals surface area contributed by atoms with Gasteiger partial charge in [-0.1, -0.05) is 47.6 Å². The zero-order chi connectivity index (χ0) is 22.7. The van der Waals surface area contributed by atoms with Gasteiger partial charge in [0.15, 0.2) is 16.8 Å². The van der Waals surface area contributed by atoms with Crippen molar-refractivity contribution in [2.45, 2.75) is 11.7 Å². The van der Waals surface area contributed by atoms with Crippen LogP contribution in [0.1, 0.15) is 5.56 Å². The maximum Gasteiger partial charge on any atom is 0.262 e. The zero-order valence-electron chi connectivity index (χ0n) is 16.5. The van der Waals surface area contributed by atoms with E-state index in [1.807, 2.05) is 12.1 Å². The number of aromatic nitrogens is 2. The lowest BCUT2D eigenvalue weighted by atomic mass is 10.2. The van der Waals surface area contributed by atoms with Crippen molar-refractivity contribution < 1.29 is 13.6 Å². The average Bonchev–Trinajstić information content (AvgIpc) is 2.78. The Morgan fingerprint density at radius 3 is 2.53 bits per heavy atom. The Kier molecular flexibility index (Phi) is 6.53. The van der Waals surface area contributed by atoms with Crippen molar-refractivity contribution in [1.82, 2.24) is 9.55 Å². The van der Waals surface area contributed by atoms with Gasteiger partial charge in [0.05, 0.1) is 23.2 Å². The van der Waals surface area contributed by atoms with Crippen molar-refractivity contribution in [1.29, 1.82) is 0 Å². The Morgan fingerprint density at radius 1 is 1.03 bits per heavy atom. The quantitative estimate of drug-likeness (QED) is 0.313. The summed E-state index contributed by atoms with van der Waals surface area (Å²) >= 11 is 7.03. The van der Waals surface area contributed by atoms with Gasteiger partial charge in [0, 0.05) is 16.8 Å². The molecule has 0 saturated carbocycles. The Morgan fingerprint density at radius 2 is 1.78 bits per heavy atom. The molecule has 0 saturated heterocycles. The first-order valence-corrected chi connectivity index (χ1v) is 10.9. The van der Waals surface area contributed by atoms with Gasteiger partial charge in [-0.25, -0.2) is 13.8 Å². The number of amides is 1. The van der Waals surface area contributed by atoms with Gasteiger partial charge in [0.25, 0.3) is 5.56 Å². The molecule has 0 bridgehead atoms. The van der Waals surface area contributed by atoms with Crippen molar-refractivity contribution in [3.8, 4) is 0 Å². The molecule has 4 aromatic rings. The molecule has 0 atom stereocenters. The van der Waals surface area contributed by atoms with Crippen molar-refractivity contribution >= 4 is 45.9 Å². The fourth-order valence-corrected chi connectivity index (χ4v) is 4.00.